The molecule has 0 aliphatic carbocycles. The molecule has 0 saturated heterocycles. The second-order valence-electron chi connectivity index (χ2n) is 7.33. The smallest absolute Gasteiger partial charge is 0.320 e. The number of thiazole rings is 1. The first kappa shape index (κ1) is 21.1. The monoisotopic (exact) mass is 439 g/mol. The van der Waals surface area contributed by atoms with Crippen LogP contribution in [-0.2, 0) is 0 Å². The molecule has 9 heteroatoms. The van der Waals surface area contributed by atoms with E-state index >= 15 is 0 Å². The molecule has 0 fully saturated rings. The minimum Gasteiger partial charge on any atom is -0.489 e. The molecule has 4 rings (SSSR count). The molecule has 2 heterocycles. The first-order chi connectivity index (χ1) is 14.9. The Hall–Kier alpha value is -3.14. The number of urea groups is 1. The summed E-state index contributed by atoms with van der Waals surface area (Å²) in [5, 5.41) is 13.6. The summed E-state index contributed by atoms with van der Waals surface area (Å²) in [6.45, 7) is 4.11. The van der Waals surface area contributed by atoms with E-state index < -0.39 is 18.3 Å². The zero-order chi connectivity index (χ0) is 22.0. The predicted molar refractivity (Wildman–Crippen MR) is 123 cm³/mol. The number of aliphatic hydroxyl groups excluding tert-OH is 1. The Kier molecular flexibility index (Phi) is 6.08. The van der Waals surface area contributed by atoms with E-state index in [0.29, 0.717) is 11.4 Å². The first-order valence-corrected chi connectivity index (χ1v) is 10.8. The normalized spacial score (nSPS) is 13.4. The van der Waals surface area contributed by atoms with E-state index in [4.69, 9.17) is 10.5 Å². The van der Waals surface area contributed by atoms with Crippen molar-refractivity contribution in [3.8, 4) is 5.75 Å². The number of ether oxygens (including phenoxy) is 1. The zero-order valence-corrected chi connectivity index (χ0v) is 18.2. The van der Waals surface area contributed by atoms with Gasteiger partial charge in [0.1, 0.15) is 24.0 Å². The van der Waals surface area contributed by atoms with Gasteiger partial charge in [-0.15, -0.1) is 0 Å². The van der Waals surface area contributed by atoms with Crippen LogP contribution < -0.4 is 20.7 Å². The summed E-state index contributed by atoms with van der Waals surface area (Å²) in [5.74, 6) is 0.691. The van der Waals surface area contributed by atoms with Crippen molar-refractivity contribution >= 4 is 38.2 Å². The molecule has 0 saturated carbocycles. The van der Waals surface area contributed by atoms with Crippen molar-refractivity contribution < 1.29 is 14.6 Å². The number of rotatable bonds is 8. The molecule has 31 heavy (non-hydrogen) atoms. The van der Waals surface area contributed by atoms with Crippen molar-refractivity contribution in [2.75, 3.05) is 18.1 Å². The third-order valence-electron chi connectivity index (χ3n) is 4.94. The van der Waals surface area contributed by atoms with E-state index in [1.807, 2.05) is 73.0 Å². The summed E-state index contributed by atoms with van der Waals surface area (Å²) in [4.78, 5) is 18.8. The van der Waals surface area contributed by atoms with Crippen LogP contribution in [0.2, 0.25) is 0 Å². The highest BCUT2D eigenvalue weighted by Gasteiger charge is 2.20. The number of aryl methyl sites for hydroxylation is 1. The Morgan fingerprint density at radius 1 is 1.29 bits per heavy atom. The molecule has 2 aromatic heterocycles. The maximum atomic E-state index is 11.9. The molecule has 0 spiro atoms. The molecule has 0 aliphatic heterocycles. The molecular formula is C22H25N5O3S. The molecule has 2 unspecified atom stereocenters. The number of nitrogens with one attached hydrogen (secondary N) is 1. The summed E-state index contributed by atoms with van der Waals surface area (Å²) in [7, 11) is 0. The van der Waals surface area contributed by atoms with Crippen molar-refractivity contribution in [3.05, 3.63) is 60.4 Å². The van der Waals surface area contributed by atoms with Crippen LogP contribution >= 0.6 is 11.3 Å². The maximum Gasteiger partial charge on any atom is 0.320 e. The van der Waals surface area contributed by atoms with Crippen molar-refractivity contribution in [2.24, 2.45) is 5.73 Å². The lowest BCUT2D eigenvalue weighted by Gasteiger charge is -2.29. The molecule has 2 amide bonds. The Balaban J connectivity index is 1.39. The molecule has 2 atom stereocenters. The fraction of sp³-hybridized carbons (Fsp3) is 0.273. The van der Waals surface area contributed by atoms with Crippen molar-refractivity contribution in [3.63, 3.8) is 0 Å². The van der Waals surface area contributed by atoms with E-state index in [0.717, 1.165) is 20.9 Å². The van der Waals surface area contributed by atoms with Crippen molar-refractivity contribution in [1.82, 2.24) is 14.7 Å². The van der Waals surface area contributed by atoms with Crippen LogP contribution in [0.1, 0.15) is 12.6 Å². The van der Waals surface area contributed by atoms with Gasteiger partial charge in [0, 0.05) is 18.4 Å². The minimum absolute atomic E-state index is 0.103. The number of benzene rings is 2. The Morgan fingerprint density at radius 2 is 2.06 bits per heavy atom. The van der Waals surface area contributed by atoms with Gasteiger partial charge in [-0.3, -0.25) is 14.6 Å². The van der Waals surface area contributed by atoms with Gasteiger partial charge in [0.25, 0.3) is 0 Å². The third kappa shape index (κ3) is 4.48. The fourth-order valence-electron chi connectivity index (χ4n) is 3.52. The summed E-state index contributed by atoms with van der Waals surface area (Å²) >= 11 is 1.60. The number of aliphatic hydroxyl groups is 1. The number of primary amides is 1. The van der Waals surface area contributed by atoms with Gasteiger partial charge in [-0.2, -0.15) is 0 Å². The Labute approximate surface area is 183 Å². The number of hydrogen-bond acceptors (Lipinski definition) is 6. The number of carbonyl (C=O) groups excluding carboxylic acids is 1. The molecule has 4 N–H and O–H groups in total. The molecule has 8 nitrogen and oxygen atoms in total. The largest absolute Gasteiger partial charge is 0.489 e. The predicted octanol–water partition coefficient (Wildman–Crippen LogP) is 3.12. The third-order valence-corrected chi connectivity index (χ3v) is 5.96. The number of nitrogens with zero attached hydrogens (tertiary/aromatic N) is 3. The number of para-hydroxylation sites is 2. The fourth-order valence-corrected chi connectivity index (χ4v) is 4.59. The van der Waals surface area contributed by atoms with Crippen LogP contribution in [0.25, 0.3) is 15.2 Å². The van der Waals surface area contributed by atoms with E-state index in [-0.39, 0.29) is 13.2 Å². The van der Waals surface area contributed by atoms with Crippen LogP contribution in [0.3, 0.4) is 0 Å². The summed E-state index contributed by atoms with van der Waals surface area (Å²) in [5.41, 5.74) is 8.13. The molecule has 0 radical (unpaired) electrons. The number of amides is 2. The topological polar surface area (TPSA) is 105 Å². The zero-order valence-electron chi connectivity index (χ0n) is 17.4. The van der Waals surface area contributed by atoms with Gasteiger partial charge in [-0.25, -0.2) is 9.78 Å². The average Bonchev–Trinajstić information content (AvgIpc) is 3.27. The van der Waals surface area contributed by atoms with Gasteiger partial charge in [0.2, 0.25) is 0 Å². The first-order valence-electron chi connectivity index (χ1n) is 9.99. The summed E-state index contributed by atoms with van der Waals surface area (Å²) in [6.07, 6.45) is 0.799. The van der Waals surface area contributed by atoms with E-state index in [2.05, 4.69) is 10.3 Å². The van der Waals surface area contributed by atoms with Crippen molar-refractivity contribution in [2.45, 2.75) is 26.1 Å². The summed E-state index contributed by atoms with van der Waals surface area (Å²) < 4.78 is 9.03. The number of imidazole rings is 1. The van der Waals surface area contributed by atoms with Crippen LogP contribution in [0.4, 0.5) is 10.5 Å². The second kappa shape index (κ2) is 8.93. The number of fused-ring (bicyclic) bond motifs is 3. The standard InChI is InChI=1S/C22H25N5O3S/c1-14-12-26-20-18(9-6-10-19(20)31-22(26)25-14)30-13-17(28)11-24-15(2)27(21(23)29)16-7-4-3-5-8-16/h3-10,12,15,17,24,28H,11,13H2,1-2H3,(H2,23,29). The van der Waals surface area contributed by atoms with Crippen LogP contribution in [-0.4, -0.2) is 45.9 Å². The van der Waals surface area contributed by atoms with Crippen LogP contribution in [0, 0.1) is 6.92 Å². The van der Waals surface area contributed by atoms with Crippen LogP contribution in [0.15, 0.2) is 54.7 Å². The highest BCUT2D eigenvalue weighted by atomic mass is 32.1. The SMILES string of the molecule is Cc1cn2c(n1)sc1cccc(OCC(O)CNC(C)N(C(N)=O)c3ccccc3)c12. The van der Waals surface area contributed by atoms with E-state index in [1.54, 1.807) is 11.3 Å². The summed E-state index contributed by atoms with van der Waals surface area (Å²) in [6, 6.07) is 14.4. The molecule has 162 valence electrons. The number of nitrogens with two attached hydrogens (primary N) is 1. The van der Waals surface area contributed by atoms with Gasteiger partial charge in [0.05, 0.1) is 16.6 Å². The highest BCUT2D eigenvalue weighted by Crippen LogP contribution is 2.33. The molecular weight excluding hydrogens is 414 g/mol. The average molecular weight is 440 g/mol. The Morgan fingerprint density at radius 3 is 2.81 bits per heavy atom. The van der Waals surface area contributed by atoms with Crippen molar-refractivity contribution in [1.29, 1.82) is 0 Å². The second-order valence-corrected chi connectivity index (χ2v) is 8.34. The van der Waals surface area contributed by atoms with Gasteiger partial charge in [0.15, 0.2) is 4.96 Å². The maximum absolute atomic E-state index is 11.9. The molecule has 0 bridgehead atoms. The quantitative estimate of drug-likeness (QED) is 0.366. The minimum atomic E-state index is -0.776. The number of anilines is 1. The van der Waals surface area contributed by atoms with Gasteiger partial charge >= 0.3 is 6.03 Å². The molecule has 2 aromatic carbocycles. The van der Waals surface area contributed by atoms with E-state index in [9.17, 15) is 9.90 Å². The molecule has 0 aliphatic rings. The van der Waals surface area contributed by atoms with Gasteiger partial charge in [-0.05, 0) is 38.1 Å². The number of carbonyl (C=O) groups is 1. The van der Waals surface area contributed by atoms with Gasteiger partial charge in [-0.1, -0.05) is 35.6 Å². The lowest BCUT2D eigenvalue weighted by atomic mass is 10.2. The molecule has 4 aromatic rings. The lowest BCUT2D eigenvalue weighted by molar-refractivity contribution is 0.105. The number of hydrogen-bond donors (Lipinski definition) is 3. The lowest BCUT2D eigenvalue weighted by Crippen LogP contribution is -2.51. The van der Waals surface area contributed by atoms with Gasteiger partial charge < -0.3 is 15.6 Å². The highest BCUT2D eigenvalue weighted by molar-refractivity contribution is 7.23. The van der Waals surface area contributed by atoms with E-state index in [1.165, 1.54) is 4.90 Å². The number of aromatic nitrogens is 2. The Bertz CT molecular complexity index is 1190. The van der Waals surface area contributed by atoms with Crippen LogP contribution in [0.5, 0.6) is 5.75 Å².